The van der Waals surface area contributed by atoms with Gasteiger partial charge in [-0.05, 0) is 26.0 Å². The van der Waals surface area contributed by atoms with Crippen LogP contribution in [0.15, 0.2) is 30.3 Å². The first kappa shape index (κ1) is 14.3. The van der Waals surface area contributed by atoms with Crippen molar-refractivity contribution < 1.29 is 14.6 Å². The number of aromatic carboxylic acids is 1. The van der Waals surface area contributed by atoms with Crippen LogP contribution in [0.5, 0.6) is 0 Å². The highest BCUT2D eigenvalue weighted by Gasteiger charge is 2.15. The number of carboxylic acid groups (broad SMARTS) is 1. The van der Waals surface area contributed by atoms with Crippen LogP contribution in [0.2, 0.25) is 0 Å². The molecular formula is C15H18N2O3. The Hall–Kier alpha value is -2.14. The van der Waals surface area contributed by atoms with E-state index in [9.17, 15) is 9.90 Å². The van der Waals surface area contributed by atoms with Crippen LogP contribution in [0.3, 0.4) is 0 Å². The number of rotatable bonds is 6. The third-order valence-electron chi connectivity index (χ3n) is 2.91. The van der Waals surface area contributed by atoms with Gasteiger partial charge in [-0.2, -0.15) is 0 Å². The lowest BCUT2D eigenvalue weighted by Gasteiger charge is -2.16. The minimum absolute atomic E-state index is 0.0123. The molecule has 0 amide bonds. The molecule has 1 aromatic heterocycles. The minimum Gasteiger partial charge on any atom is -0.478 e. The largest absolute Gasteiger partial charge is 0.478 e. The molecule has 20 heavy (non-hydrogen) atoms. The molecule has 2 rings (SSSR count). The molecule has 0 bridgehead atoms. The first-order valence-corrected chi connectivity index (χ1v) is 6.59. The van der Waals surface area contributed by atoms with Crippen LogP contribution >= 0.6 is 0 Å². The van der Waals surface area contributed by atoms with Crippen LogP contribution in [0.25, 0.3) is 10.9 Å². The van der Waals surface area contributed by atoms with E-state index in [4.69, 9.17) is 4.74 Å². The molecule has 106 valence electrons. The van der Waals surface area contributed by atoms with E-state index >= 15 is 0 Å². The van der Waals surface area contributed by atoms with Gasteiger partial charge in [0.2, 0.25) is 0 Å². The third-order valence-corrected chi connectivity index (χ3v) is 2.91. The van der Waals surface area contributed by atoms with Crippen molar-refractivity contribution in [3.63, 3.8) is 0 Å². The van der Waals surface area contributed by atoms with E-state index in [0.717, 1.165) is 10.9 Å². The molecule has 0 radical (unpaired) electrons. The predicted octanol–water partition coefficient (Wildman–Crippen LogP) is 2.77. The highest BCUT2D eigenvalue weighted by atomic mass is 16.5. The number of carboxylic acids is 1. The van der Waals surface area contributed by atoms with E-state index in [1.165, 1.54) is 0 Å². The zero-order chi connectivity index (χ0) is 14.5. The smallest absolute Gasteiger partial charge is 0.339 e. The van der Waals surface area contributed by atoms with Gasteiger partial charge in [0.15, 0.2) is 0 Å². The van der Waals surface area contributed by atoms with Crippen molar-refractivity contribution in [3.05, 3.63) is 35.9 Å². The molecule has 1 heterocycles. The van der Waals surface area contributed by atoms with Crippen molar-refractivity contribution >= 4 is 22.7 Å². The standard InChI is InChI=1S/C15H18N2O3/c1-3-20-9-10(2)16-14-12(15(18)19)8-11-6-4-5-7-13(11)17-14/h4-8,10H,3,9H2,1-2H3,(H,16,17)(H,18,19). The van der Waals surface area contributed by atoms with Crippen LogP contribution in [0.1, 0.15) is 24.2 Å². The lowest BCUT2D eigenvalue weighted by molar-refractivity contribution is 0.0697. The molecule has 2 N–H and O–H groups in total. The van der Waals surface area contributed by atoms with Gasteiger partial charge in [0.1, 0.15) is 11.4 Å². The van der Waals surface area contributed by atoms with Crippen molar-refractivity contribution in [2.75, 3.05) is 18.5 Å². The molecule has 0 spiro atoms. The molecule has 0 aliphatic heterocycles. The molecule has 0 saturated carbocycles. The number of anilines is 1. The molecule has 0 saturated heterocycles. The van der Waals surface area contributed by atoms with Crippen molar-refractivity contribution in [1.29, 1.82) is 0 Å². The van der Waals surface area contributed by atoms with Crippen molar-refractivity contribution in [3.8, 4) is 0 Å². The second-order valence-electron chi connectivity index (χ2n) is 4.59. The van der Waals surface area contributed by atoms with E-state index in [-0.39, 0.29) is 11.6 Å². The minimum atomic E-state index is -0.991. The normalized spacial score (nSPS) is 12.3. The zero-order valence-electron chi connectivity index (χ0n) is 11.6. The van der Waals surface area contributed by atoms with Crippen LogP contribution in [0, 0.1) is 0 Å². The third kappa shape index (κ3) is 3.24. The van der Waals surface area contributed by atoms with Gasteiger partial charge >= 0.3 is 5.97 Å². The van der Waals surface area contributed by atoms with Gasteiger partial charge in [0.25, 0.3) is 0 Å². The van der Waals surface area contributed by atoms with Gasteiger partial charge in [-0.1, -0.05) is 18.2 Å². The van der Waals surface area contributed by atoms with Crippen molar-refractivity contribution in [2.45, 2.75) is 19.9 Å². The first-order valence-electron chi connectivity index (χ1n) is 6.59. The van der Waals surface area contributed by atoms with Gasteiger partial charge in [-0.25, -0.2) is 9.78 Å². The Morgan fingerprint density at radius 1 is 1.45 bits per heavy atom. The number of para-hydroxylation sites is 1. The van der Waals surface area contributed by atoms with E-state index in [2.05, 4.69) is 10.3 Å². The van der Waals surface area contributed by atoms with Crippen LogP contribution in [-0.2, 0) is 4.74 Å². The summed E-state index contributed by atoms with van der Waals surface area (Å²) < 4.78 is 5.32. The van der Waals surface area contributed by atoms with E-state index in [1.807, 2.05) is 38.1 Å². The summed E-state index contributed by atoms with van der Waals surface area (Å²) in [5.74, 6) is -0.613. The number of nitrogens with zero attached hydrogens (tertiary/aromatic N) is 1. The number of ether oxygens (including phenoxy) is 1. The number of benzene rings is 1. The molecular weight excluding hydrogens is 256 g/mol. The molecule has 0 aliphatic rings. The molecule has 0 fully saturated rings. The topological polar surface area (TPSA) is 71.5 Å². The zero-order valence-corrected chi connectivity index (χ0v) is 11.6. The summed E-state index contributed by atoms with van der Waals surface area (Å²) in [4.78, 5) is 15.7. The Kier molecular flexibility index (Phi) is 4.53. The Morgan fingerprint density at radius 3 is 2.90 bits per heavy atom. The van der Waals surface area contributed by atoms with Crippen LogP contribution in [0.4, 0.5) is 5.82 Å². The first-order chi connectivity index (χ1) is 9.61. The number of hydrogen-bond donors (Lipinski definition) is 2. The Morgan fingerprint density at radius 2 is 2.20 bits per heavy atom. The maximum absolute atomic E-state index is 11.3. The van der Waals surface area contributed by atoms with Crippen molar-refractivity contribution in [1.82, 2.24) is 4.98 Å². The van der Waals surface area contributed by atoms with Gasteiger partial charge in [-0.15, -0.1) is 0 Å². The summed E-state index contributed by atoms with van der Waals surface area (Å²) >= 11 is 0. The lowest BCUT2D eigenvalue weighted by Crippen LogP contribution is -2.23. The lowest BCUT2D eigenvalue weighted by atomic mass is 10.1. The SMILES string of the molecule is CCOCC(C)Nc1nc2ccccc2cc1C(=O)O. The number of pyridine rings is 1. The quantitative estimate of drug-likeness (QED) is 0.847. The van der Waals surface area contributed by atoms with Gasteiger partial charge < -0.3 is 15.2 Å². The number of aromatic nitrogens is 1. The van der Waals surface area contributed by atoms with Gasteiger partial charge in [0.05, 0.1) is 12.1 Å². The number of fused-ring (bicyclic) bond motifs is 1. The fraction of sp³-hybridized carbons (Fsp3) is 0.333. The molecule has 5 nitrogen and oxygen atoms in total. The average molecular weight is 274 g/mol. The monoisotopic (exact) mass is 274 g/mol. The average Bonchev–Trinajstić information content (AvgIpc) is 2.44. The summed E-state index contributed by atoms with van der Waals surface area (Å²) in [7, 11) is 0. The highest BCUT2D eigenvalue weighted by Crippen LogP contribution is 2.21. The van der Waals surface area contributed by atoms with Crippen molar-refractivity contribution in [2.24, 2.45) is 0 Å². The van der Waals surface area contributed by atoms with Gasteiger partial charge in [0, 0.05) is 18.0 Å². The molecule has 1 unspecified atom stereocenters. The second kappa shape index (κ2) is 6.34. The van der Waals surface area contributed by atoms with Crippen LogP contribution < -0.4 is 5.32 Å². The number of nitrogens with one attached hydrogen (secondary N) is 1. The second-order valence-corrected chi connectivity index (χ2v) is 4.59. The number of hydrogen-bond acceptors (Lipinski definition) is 4. The maximum atomic E-state index is 11.3. The van der Waals surface area contributed by atoms with E-state index in [0.29, 0.717) is 19.0 Å². The molecule has 2 aromatic rings. The van der Waals surface area contributed by atoms with E-state index in [1.54, 1.807) is 6.07 Å². The maximum Gasteiger partial charge on any atom is 0.339 e. The summed E-state index contributed by atoms with van der Waals surface area (Å²) in [6.45, 7) is 4.98. The van der Waals surface area contributed by atoms with Crippen LogP contribution in [-0.4, -0.2) is 35.3 Å². The molecule has 5 heteroatoms. The fourth-order valence-corrected chi connectivity index (χ4v) is 1.96. The Labute approximate surface area is 117 Å². The summed E-state index contributed by atoms with van der Waals surface area (Å²) in [5, 5.41) is 13.2. The van der Waals surface area contributed by atoms with E-state index < -0.39 is 5.97 Å². The van der Waals surface area contributed by atoms with Gasteiger partial charge in [-0.3, -0.25) is 0 Å². The Bertz CT molecular complexity index is 613. The Balaban J connectivity index is 2.34. The molecule has 0 aliphatic carbocycles. The predicted molar refractivity (Wildman–Crippen MR) is 78.3 cm³/mol. The summed E-state index contributed by atoms with van der Waals surface area (Å²) in [5.41, 5.74) is 0.940. The number of carbonyl (C=O) groups is 1. The highest BCUT2D eigenvalue weighted by molar-refractivity contribution is 5.98. The summed E-state index contributed by atoms with van der Waals surface area (Å²) in [6.07, 6.45) is 0. The fourth-order valence-electron chi connectivity index (χ4n) is 1.96. The molecule has 1 atom stereocenters. The summed E-state index contributed by atoms with van der Waals surface area (Å²) in [6, 6.07) is 9.08. The molecule has 1 aromatic carbocycles.